The smallest absolute Gasteiger partial charge is 0.344 e. The first-order valence-electron chi connectivity index (χ1n) is 10.2. The Morgan fingerprint density at radius 3 is 2.59 bits per heavy atom. The van der Waals surface area contributed by atoms with E-state index in [0.29, 0.717) is 17.1 Å². The molecule has 1 aromatic heterocycles. The second-order valence-electron chi connectivity index (χ2n) is 8.55. The first-order chi connectivity index (χ1) is 15.1. The normalized spacial score (nSPS) is 14.4. The number of Topliss-reactive ketones (excluding diaryl/α,β-unsaturated/α-hetero) is 1. The first-order valence-corrected chi connectivity index (χ1v) is 10.2. The van der Waals surface area contributed by atoms with Gasteiger partial charge in [-0.15, -0.1) is 0 Å². The SMILES string of the molecule is COc1ccc2c(c1)c(/C=C1\Oc3cc(OCC(=O)OC(C)(C)C)ccc3C1=O)cn2C. The highest BCUT2D eigenvalue weighted by molar-refractivity contribution is 6.15. The number of carbonyl (C=O) groups is 2. The standard InChI is InChI=1S/C25H25NO6/c1-25(2,3)32-23(27)14-30-17-6-8-18-21(12-17)31-22(24(18)28)10-15-13-26(4)20-9-7-16(29-5)11-19(15)20/h6-13H,14H2,1-5H3/b22-10-. The van der Waals surface area contributed by atoms with Crippen molar-refractivity contribution in [1.29, 1.82) is 0 Å². The summed E-state index contributed by atoms with van der Waals surface area (Å²) < 4.78 is 23.9. The molecule has 2 heterocycles. The lowest BCUT2D eigenvalue weighted by atomic mass is 10.1. The molecule has 4 rings (SSSR count). The molecule has 1 aliphatic heterocycles. The number of ether oxygens (including phenoxy) is 4. The number of rotatable bonds is 5. The van der Waals surface area contributed by atoms with Crippen LogP contribution in [0.2, 0.25) is 0 Å². The zero-order valence-corrected chi connectivity index (χ0v) is 18.7. The topological polar surface area (TPSA) is 76.0 Å². The molecular formula is C25H25NO6. The van der Waals surface area contributed by atoms with Crippen LogP contribution in [0.15, 0.2) is 48.4 Å². The molecule has 0 unspecified atom stereocenters. The van der Waals surface area contributed by atoms with Crippen molar-refractivity contribution in [3.63, 3.8) is 0 Å². The van der Waals surface area contributed by atoms with E-state index in [9.17, 15) is 9.59 Å². The Kier molecular flexibility index (Phi) is 5.42. The molecule has 0 aliphatic carbocycles. The molecular weight excluding hydrogens is 410 g/mol. The van der Waals surface area contributed by atoms with E-state index in [0.717, 1.165) is 22.2 Å². The van der Waals surface area contributed by atoms with Crippen LogP contribution in [0.1, 0.15) is 36.7 Å². The third kappa shape index (κ3) is 4.32. The molecule has 166 valence electrons. The molecule has 1 aliphatic rings. The van der Waals surface area contributed by atoms with Crippen molar-refractivity contribution >= 4 is 28.7 Å². The minimum atomic E-state index is -0.584. The quantitative estimate of drug-likeness (QED) is 0.433. The van der Waals surface area contributed by atoms with Gasteiger partial charge in [0.2, 0.25) is 5.78 Å². The fourth-order valence-corrected chi connectivity index (χ4v) is 3.56. The van der Waals surface area contributed by atoms with E-state index in [1.54, 1.807) is 52.2 Å². The Morgan fingerprint density at radius 1 is 1.12 bits per heavy atom. The molecule has 0 bridgehead atoms. The lowest BCUT2D eigenvalue weighted by molar-refractivity contribution is -0.157. The van der Waals surface area contributed by atoms with Crippen molar-refractivity contribution in [2.75, 3.05) is 13.7 Å². The fraction of sp³-hybridized carbons (Fsp3) is 0.280. The maximum absolute atomic E-state index is 12.9. The molecule has 7 heteroatoms. The van der Waals surface area contributed by atoms with Crippen LogP contribution in [0.3, 0.4) is 0 Å². The van der Waals surface area contributed by atoms with Crippen LogP contribution in [-0.4, -0.2) is 35.6 Å². The number of ketones is 1. The molecule has 32 heavy (non-hydrogen) atoms. The lowest BCUT2D eigenvalue weighted by Crippen LogP contribution is -2.27. The number of hydrogen-bond acceptors (Lipinski definition) is 6. The third-order valence-corrected chi connectivity index (χ3v) is 4.93. The molecule has 0 spiro atoms. The van der Waals surface area contributed by atoms with Crippen molar-refractivity contribution in [2.24, 2.45) is 7.05 Å². The molecule has 0 atom stereocenters. The fourth-order valence-electron chi connectivity index (χ4n) is 3.56. The number of aromatic nitrogens is 1. The van der Waals surface area contributed by atoms with Crippen LogP contribution in [0.25, 0.3) is 17.0 Å². The Labute approximate surface area is 186 Å². The number of aryl methyl sites for hydroxylation is 1. The molecule has 0 radical (unpaired) electrons. The summed E-state index contributed by atoms with van der Waals surface area (Å²) in [6.07, 6.45) is 3.66. The van der Waals surface area contributed by atoms with Gasteiger partial charge in [-0.2, -0.15) is 0 Å². The van der Waals surface area contributed by atoms with E-state index in [2.05, 4.69) is 0 Å². The largest absolute Gasteiger partial charge is 0.497 e. The summed E-state index contributed by atoms with van der Waals surface area (Å²) in [6.45, 7) is 5.14. The number of esters is 1. The molecule has 0 amide bonds. The van der Waals surface area contributed by atoms with Crippen LogP contribution in [-0.2, 0) is 16.6 Å². The summed E-state index contributed by atoms with van der Waals surface area (Å²) in [5.41, 5.74) is 1.72. The highest BCUT2D eigenvalue weighted by Gasteiger charge is 2.28. The predicted octanol–water partition coefficient (Wildman–Crippen LogP) is 4.52. The van der Waals surface area contributed by atoms with Crippen LogP contribution in [0.5, 0.6) is 17.2 Å². The van der Waals surface area contributed by atoms with Gasteiger partial charge in [-0.05, 0) is 57.2 Å². The van der Waals surface area contributed by atoms with Crippen molar-refractivity contribution in [1.82, 2.24) is 4.57 Å². The zero-order chi connectivity index (χ0) is 23.0. The van der Waals surface area contributed by atoms with E-state index in [4.69, 9.17) is 18.9 Å². The predicted molar refractivity (Wildman–Crippen MR) is 120 cm³/mol. The van der Waals surface area contributed by atoms with Gasteiger partial charge in [0.15, 0.2) is 12.4 Å². The average molecular weight is 435 g/mol. The van der Waals surface area contributed by atoms with Crippen molar-refractivity contribution < 1.29 is 28.5 Å². The molecule has 0 N–H and O–H groups in total. The lowest BCUT2D eigenvalue weighted by Gasteiger charge is -2.19. The van der Waals surface area contributed by atoms with Crippen LogP contribution in [0.4, 0.5) is 0 Å². The van der Waals surface area contributed by atoms with Crippen LogP contribution in [0, 0.1) is 0 Å². The summed E-state index contributed by atoms with van der Waals surface area (Å²) in [6, 6.07) is 10.7. The summed E-state index contributed by atoms with van der Waals surface area (Å²) in [5.74, 6) is 1.08. The molecule has 0 saturated carbocycles. The number of nitrogens with zero attached hydrogens (tertiary/aromatic N) is 1. The van der Waals surface area contributed by atoms with E-state index in [1.807, 2.05) is 36.0 Å². The molecule has 2 aromatic carbocycles. The number of methoxy groups -OCH3 is 1. The summed E-state index contributed by atoms with van der Waals surface area (Å²) in [7, 11) is 3.56. The van der Waals surface area contributed by atoms with E-state index in [-0.39, 0.29) is 18.1 Å². The zero-order valence-electron chi connectivity index (χ0n) is 18.7. The maximum Gasteiger partial charge on any atom is 0.344 e. The van der Waals surface area contributed by atoms with Crippen LogP contribution < -0.4 is 14.2 Å². The Bertz CT molecular complexity index is 1250. The minimum absolute atomic E-state index is 0.210. The van der Waals surface area contributed by atoms with Crippen molar-refractivity contribution in [3.05, 3.63) is 59.5 Å². The highest BCUT2D eigenvalue weighted by atomic mass is 16.6. The number of allylic oxidation sites excluding steroid dienone is 1. The van der Waals surface area contributed by atoms with Gasteiger partial charge >= 0.3 is 5.97 Å². The van der Waals surface area contributed by atoms with Crippen LogP contribution >= 0.6 is 0 Å². The van der Waals surface area contributed by atoms with Gasteiger partial charge < -0.3 is 23.5 Å². The average Bonchev–Trinajstić information content (AvgIpc) is 3.21. The van der Waals surface area contributed by atoms with Gasteiger partial charge in [0, 0.05) is 35.8 Å². The Balaban J connectivity index is 1.55. The molecule has 0 fully saturated rings. The van der Waals surface area contributed by atoms with E-state index < -0.39 is 11.6 Å². The highest BCUT2D eigenvalue weighted by Crippen LogP contribution is 2.36. The van der Waals surface area contributed by atoms with Crippen molar-refractivity contribution in [2.45, 2.75) is 26.4 Å². The minimum Gasteiger partial charge on any atom is -0.497 e. The van der Waals surface area contributed by atoms with Gasteiger partial charge in [0.1, 0.15) is 22.8 Å². The van der Waals surface area contributed by atoms with Gasteiger partial charge in [0.25, 0.3) is 0 Å². The number of carbonyl (C=O) groups excluding carboxylic acids is 2. The third-order valence-electron chi connectivity index (χ3n) is 4.93. The Hall–Kier alpha value is -3.74. The monoisotopic (exact) mass is 435 g/mol. The van der Waals surface area contributed by atoms with Crippen molar-refractivity contribution in [3.8, 4) is 17.2 Å². The van der Waals surface area contributed by atoms with E-state index >= 15 is 0 Å². The van der Waals surface area contributed by atoms with E-state index in [1.165, 1.54) is 0 Å². The molecule has 3 aromatic rings. The second-order valence-corrected chi connectivity index (χ2v) is 8.55. The van der Waals surface area contributed by atoms with Gasteiger partial charge in [0.05, 0.1) is 12.7 Å². The van der Waals surface area contributed by atoms with Gasteiger partial charge in [-0.25, -0.2) is 4.79 Å². The maximum atomic E-state index is 12.9. The summed E-state index contributed by atoms with van der Waals surface area (Å²) >= 11 is 0. The summed E-state index contributed by atoms with van der Waals surface area (Å²) in [5, 5.41) is 0.952. The Morgan fingerprint density at radius 2 is 1.88 bits per heavy atom. The van der Waals surface area contributed by atoms with Gasteiger partial charge in [-0.1, -0.05) is 0 Å². The second kappa shape index (κ2) is 8.07. The summed E-state index contributed by atoms with van der Waals surface area (Å²) in [4.78, 5) is 24.7. The molecule has 7 nitrogen and oxygen atoms in total. The van der Waals surface area contributed by atoms with Gasteiger partial charge in [-0.3, -0.25) is 4.79 Å². The molecule has 0 saturated heterocycles. The number of fused-ring (bicyclic) bond motifs is 2. The number of benzene rings is 2. The number of hydrogen-bond donors (Lipinski definition) is 0. The first kappa shape index (κ1) is 21.5.